The second kappa shape index (κ2) is 6.37. The highest BCUT2D eigenvalue weighted by atomic mass is 15.1. The summed E-state index contributed by atoms with van der Waals surface area (Å²) in [6.07, 6.45) is 2.84. The molecule has 0 saturated carbocycles. The summed E-state index contributed by atoms with van der Waals surface area (Å²) in [7, 11) is 0. The SMILES string of the molecule is C=CCNc1nc(NC(C)CC)c2cc(C)ccc2n1. The molecular weight excluding hydrogens is 248 g/mol. The summed E-state index contributed by atoms with van der Waals surface area (Å²) in [5.41, 5.74) is 2.16. The zero-order valence-corrected chi connectivity index (χ0v) is 12.4. The molecule has 1 unspecified atom stereocenters. The molecule has 1 aromatic carbocycles. The van der Waals surface area contributed by atoms with Crippen LogP contribution in [0.15, 0.2) is 30.9 Å². The van der Waals surface area contributed by atoms with E-state index in [9.17, 15) is 0 Å². The van der Waals surface area contributed by atoms with Crippen molar-refractivity contribution in [3.8, 4) is 0 Å². The Morgan fingerprint density at radius 2 is 2.15 bits per heavy atom. The Morgan fingerprint density at radius 3 is 2.85 bits per heavy atom. The largest absolute Gasteiger partial charge is 0.367 e. The van der Waals surface area contributed by atoms with Gasteiger partial charge in [-0.25, -0.2) is 4.98 Å². The van der Waals surface area contributed by atoms with Gasteiger partial charge in [-0.3, -0.25) is 0 Å². The van der Waals surface area contributed by atoms with E-state index in [0.717, 1.165) is 23.1 Å². The lowest BCUT2D eigenvalue weighted by Crippen LogP contribution is -2.16. The first kappa shape index (κ1) is 14.3. The van der Waals surface area contributed by atoms with Crippen molar-refractivity contribution in [2.45, 2.75) is 33.2 Å². The molecule has 0 aliphatic rings. The van der Waals surface area contributed by atoms with Gasteiger partial charge >= 0.3 is 0 Å². The quantitative estimate of drug-likeness (QED) is 0.785. The van der Waals surface area contributed by atoms with E-state index in [1.807, 2.05) is 6.07 Å². The maximum atomic E-state index is 4.59. The smallest absolute Gasteiger partial charge is 0.225 e. The average Bonchev–Trinajstić information content (AvgIpc) is 2.45. The Labute approximate surface area is 120 Å². The Kier molecular flexibility index (Phi) is 4.56. The molecular formula is C16H22N4. The first-order chi connectivity index (χ1) is 9.63. The first-order valence-electron chi connectivity index (χ1n) is 7.03. The number of fused-ring (bicyclic) bond motifs is 1. The van der Waals surface area contributed by atoms with Crippen LogP contribution in [0.4, 0.5) is 11.8 Å². The minimum atomic E-state index is 0.376. The highest BCUT2D eigenvalue weighted by Crippen LogP contribution is 2.24. The number of aryl methyl sites for hydroxylation is 1. The molecule has 0 amide bonds. The van der Waals surface area contributed by atoms with E-state index in [-0.39, 0.29) is 0 Å². The maximum absolute atomic E-state index is 4.59. The lowest BCUT2D eigenvalue weighted by Gasteiger charge is -2.15. The summed E-state index contributed by atoms with van der Waals surface area (Å²) >= 11 is 0. The molecule has 106 valence electrons. The number of nitrogens with zero attached hydrogens (tertiary/aromatic N) is 2. The van der Waals surface area contributed by atoms with Gasteiger partial charge in [-0.05, 0) is 32.4 Å². The zero-order valence-electron chi connectivity index (χ0n) is 12.4. The summed E-state index contributed by atoms with van der Waals surface area (Å²) in [6.45, 7) is 10.7. The second-order valence-electron chi connectivity index (χ2n) is 5.04. The van der Waals surface area contributed by atoms with Gasteiger partial charge in [-0.15, -0.1) is 6.58 Å². The van der Waals surface area contributed by atoms with Gasteiger partial charge in [0.2, 0.25) is 5.95 Å². The summed E-state index contributed by atoms with van der Waals surface area (Å²) in [5, 5.41) is 7.68. The van der Waals surface area contributed by atoms with Gasteiger partial charge < -0.3 is 10.6 Å². The van der Waals surface area contributed by atoms with Gasteiger partial charge in [0.1, 0.15) is 5.82 Å². The first-order valence-corrected chi connectivity index (χ1v) is 7.03. The van der Waals surface area contributed by atoms with Gasteiger partial charge in [0, 0.05) is 18.0 Å². The molecule has 0 aliphatic heterocycles. The molecule has 4 heteroatoms. The van der Waals surface area contributed by atoms with Crippen LogP contribution in [0.5, 0.6) is 0 Å². The van der Waals surface area contributed by atoms with Crippen molar-refractivity contribution in [3.05, 3.63) is 36.4 Å². The van der Waals surface area contributed by atoms with E-state index in [2.05, 4.69) is 60.1 Å². The van der Waals surface area contributed by atoms with Crippen molar-refractivity contribution < 1.29 is 0 Å². The monoisotopic (exact) mass is 270 g/mol. The lowest BCUT2D eigenvalue weighted by atomic mass is 10.1. The normalized spacial score (nSPS) is 12.2. The third-order valence-electron chi connectivity index (χ3n) is 3.25. The Balaban J connectivity index is 2.47. The highest BCUT2D eigenvalue weighted by Gasteiger charge is 2.09. The van der Waals surface area contributed by atoms with Gasteiger partial charge in [-0.2, -0.15) is 4.98 Å². The molecule has 0 radical (unpaired) electrons. The predicted molar refractivity (Wildman–Crippen MR) is 86.3 cm³/mol. The Morgan fingerprint density at radius 1 is 1.35 bits per heavy atom. The van der Waals surface area contributed by atoms with Crippen LogP contribution in [0.1, 0.15) is 25.8 Å². The van der Waals surface area contributed by atoms with Crippen LogP contribution in [0.3, 0.4) is 0 Å². The van der Waals surface area contributed by atoms with Crippen molar-refractivity contribution >= 4 is 22.7 Å². The predicted octanol–water partition coefficient (Wildman–Crippen LogP) is 3.75. The van der Waals surface area contributed by atoms with E-state index in [0.29, 0.717) is 18.5 Å². The molecule has 1 aromatic heterocycles. The van der Waals surface area contributed by atoms with Crippen LogP contribution in [-0.4, -0.2) is 22.6 Å². The fourth-order valence-corrected chi connectivity index (χ4v) is 1.93. The molecule has 0 aliphatic carbocycles. The molecule has 0 spiro atoms. The number of nitrogens with one attached hydrogen (secondary N) is 2. The molecule has 4 nitrogen and oxygen atoms in total. The number of anilines is 2. The Bertz CT molecular complexity index is 607. The molecule has 0 fully saturated rings. The molecule has 1 heterocycles. The lowest BCUT2D eigenvalue weighted by molar-refractivity contribution is 0.760. The summed E-state index contributed by atoms with van der Waals surface area (Å²) in [4.78, 5) is 9.12. The molecule has 0 bridgehead atoms. The van der Waals surface area contributed by atoms with Crippen molar-refractivity contribution in [1.29, 1.82) is 0 Å². The van der Waals surface area contributed by atoms with E-state index >= 15 is 0 Å². The van der Waals surface area contributed by atoms with Crippen LogP contribution in [0.2, 0.25) is 0 Å². The molecule has 20 heavy (non-hydrogen) atoms. The average molecular weight is 270 g/mol. The molecule has 2 aromatic rings. The van der Waals surface area contributed by atoms with E-state index in [1.165, 1.54) is 5.56 Å². The molecule has 0 saturated heterocycles. The number of rotatable bonds is 6. The van der Waals surface area contributed by atoms with Crippen LogP contribution >= 0.6 is 0 Å². The van der Waals surface area contributed by atoms with E-state index in [1.54, 1.807) is 6.08 Å². The minimum absolute atomic E-state index is 0.376. The highest BCUT2D eigenvalue weighted by molar-refractivity contribution is 5.90. The fraction of sp³-hybridized carbons (Fsp3) is 0.375. The molecule has 2 rings (SSSR count). The fourth-order valence-electron chi connectivity index (χ4n) is 1.93. The standard InChI is InChI=1S/C16H22N4/c1-5-9-17-16-19-14-8-7-11(3)10-13(14)15(20-16)18-12(4)6-2/h5,7-8,10,12H,1,6,9H2,2-4H3,(H2,17,18,19,20). The van der Waals surface area contributed by atoms with E-state index < -0.39 is 0 Å². The topological polar surface area (TPSA) is 49.8 Å². The van der Waals surface area contributed by atoms with E-state index in [4.69, 9.17) is 0 Å². The van der Waals surface area contributed by atoms with Crippen LogP contribution in [0, 0.1) is 6.92 Å². The van der Waals surface area contributed by atoms with Crippen molar-refractivity contribution in [2.24, 2.45) is 0 Å². The number of hydrogen-bond donors (Lipinski definition) is 2. The van der Waals surface area contributed by atoms with Gasteiger partial charge in [0.25, 0.3) is 0 Å². The van der Waals surface area contributed by atoms with Crippen LogP contribution in [-0.2, 0) is 0 Å². The van der Waals surface area contributed by atoms with Gasteiger partial charge in [0.05, 0.1) is 5.52 Å². The molecule has 1 atom stereocenters. The number of aromatic nitrogens is 2. The summed E-state index contributed by atoms with van der Waals surface area (Å²) < 4.78 is 0. The van der Waals surface area contributed by atoms with Crippen molar-refractivity contribution in [3.63, 3.8) is 0 Å². The minimum Gasteiger partial charge on any atom is -0.367 e. The van der Waals surface area contributed by atoms with Crippen LogP contribution in [0.25, 0.3) is 10.9 Å². The van der Waals surface area contributed by atoms with Crippen LogP contribution < -0.4 is 10.6 Å². The third kappa shape index (κ3) is 3.26. The zero-order chi connectivity index (χ0) is 14.5. The number of benzene rings is 1. The summed E-state index contributed by atoms with van der Waals surface area (Å²) in [5.74, 6) is 1.52. The Hall–Kier alpha value is -2.10. The van der Waals surface area contributed by atoms with Crippen molar-refractivity contribution in [2.75, 3.05) is 17.2 Å². The van der Waals surface area contributed by atoms with Gasteiger partial charge in [-0.1, -0.05) is 24.6 Å². The van der Waals surface area contributed by atoms with Gasteiger partial charge in [0.15, 0.2) is 0 Å². The summed E-state index contributed by atoms with van der Waals surface area (Å²) in [6, 6.07) is 6.60. The third-order valence-corrected chi connectivity index (χ3v) is 3.25. The van der Waals surface area contributed by atoms with Crippen molar-refractivity contribution in [1.82, 2.24) is 9.97 Å². The maximum Gasteiger partial charge on any atom is 0.225 e. The second-order valence-corrected chi connectivity index (χ2v) is 5.04. The molecule has 2 N–H and O–H groups in total. The number of hydrogen-bond acceptors (Lipinski definition) is 4.